The number of hydrogen-bond donors (Lipinski definition) is 2. The van der Waals surface area contributed by atoms with Crippen molar-refractivity contribution in [3.63, 3.8) is 0 Å². The largest absolute Gasteiger partial charge is 0.399 e. The predicted molar refractivity (Wildman–Crippen MR) is 68.5 cm³/mol. The molecule has 2 rings (SSSR count). The number of nitrogens with two attached hydrogens (primary N) is 1. The van der Waals surface area contributed by atoms with E-state index in [1.54, 1.807) is 6.21 Å². The van der Waals surface area contributed by atoms with E-state index < -0.39 is 0 Å². The fourth-order valence-electron chi connectivity index (χ4n) is 1.28. The summed E-state index contributed by atoms with van der Waals surface area (Å²) in [5, 5.41) is 4.13. The smallest absolute Gasteiger partial charge is 0.0561 e. The molecule has 0 saturated carbocycles. The Morgan fingerprint density at radius 2 is 1.62 bits per heavy atom. The third kappa shape index (κ3) is 2.85. The summed E-state index contributed by atoms with van der Waals surface area (Å²) >= 11 is 0. The highest BCUT2D eigenvalue weighted by Gasteiger charge is 1.88. The molecule has 0 radical (unpaired) electrons. The molecular weight excluding hydrogens is 198 g/mol. The van der Waals surface area contributed by atoms with Gasteiger partial charge in [-0.1, -0.05) is 30.3 Å². The minimum Gasteiger partial charge on any atom is -0.399 e. The Labute approximate surface area is 94.6 Å². The number of hydrogen-bond acceptors (Lipinski definition) is 3. The van der Waals surface area contributed by atoms with Crippen LogP contribution in [0.15, 0.2) is 59.7 Å². The second-order valence-electron chi connectivity index (χ2n) is 3.40. The molecule has 2 aromatic carbocycles. The van der Waals surface area contributed by atoms with Gasteiger partial charge in [-0.25, -0.2) is 0 Å². The maximum atomic E-state index is 5.59. The van der Waals surface area contributed by atoms with Crippen molar-refractivity contribution in [3.8, 4) is 0 Å². The maximum Gasteiger partial charge on any atom is 0.0561 e. The summed E-state index contributed by atoms with van der Waals surface area (Å²) in [4.78, 5) is 0. The molecule has 0 unspecified atom stereocenters. The zero-order valence-electron chi connectivity index (χ0n) is 8.80. The first-order valence-electron chi connectivity index (χ1n) is 5.04. The van der Waals surface area contributed by atoms with Crippen molar-refractivity contribution in [2.24, 2.45) is 5.10 Å². The number of nitrogen functional groups attached to an aromatic ring is 1. The third-order valence-electron chi connectivity index (χ3n) is 2.12. The molecule has 0 atom stereocenters. The number of rotatable bonds is 3. The number of nitrogens with one attached hydrogen (secondary N) is 1. The van der Waals surface area contributed by atoms with Crippen LogP contribution < -0.4 is 11.2 Å². The maximum absolute atomic E-state index is 5.59. The highest BCUT2D eigenvalue weighted by molar-refractivity contribution is 5.80. The van der Waals surface area contributed by atoms with Gasteiger partial charge in [0.15, 0.2) is 0 Å². The van der Waals surface area contributed by atoms with Crippen LogP contribution in [0, 0.1) is 0 Å². The molecule has 0 bridgehead atoms. The molecule has 0 aliphatic carbocycles. The van der Waals surface area contributed by atoms with Crippen LogP contribution in [-0.2, 0) is 0 Å². The molecule has 0 amide bonds. The molecule has 0 heterocycles. The molecule has 0 spiro atoms. The molecule has 3 nitrogen and oxygen atoms in total. The molecule has 0 aliphatic rings. The highest BCUT2D eigenvalue weighted by atomic mass is 15.3. The van der Waals surface area contributed by atoms with Gasteiger partial charge in [-0.2, -0.15) is 5.10 Å². The van der Waals surface area contributed by atoms with Crippen LogP contribution in [0.3, 0.4) is 0 Å². The minimum absolute atomic E-state index is 0.758. The average Bonchev–Trinajstić information content (AvgIpc) is 2.33. The van der Waals surface area contributed by atoms with Gasteiger partial charge in [-0.05, 0) is 29.8 Å². The van der Waals surface area contributed by atoms with E-state index in [9.17, 15) is 0 Å². The summed E-state index contributed by atoms with van der Waals surface area (Å²) in [5.41, 5.74) is 11.3. The summed E-state index contributed by atoms with van der Waals surface area (Å²) in [6, 6.07) is 17.3. The Kier molecular flexibility index (Phi) is 3.18. The summed E-state index contributed by atoms with van der Waals surface area (Å²) in [6.45, 7) is 0. The number of hydrazone groups is 1. The predicted octanol–water partition coefficient (Wildman–Crippen LogP) is 2.71. The molecule has 16 heavy (non-hydrogen) atoms. The first kappa shape index (κ1) is 10.2. The van der Waals surface area contributed by atoms with Crippen molar-refractivity contribution in [2.75, 3.05) is 11.2 Å². The van der Waals surface area contributed by atoms with Crippen LogP contribution in [0.4, 0.5) is 11.4 Å². The Hall–Kier alpha value is -2.29. The standard InChI is InChI=1S/C13H13N3/c14-12-8-6-11(7-9-12)10-15-16-13-4-2-1-3-5-13/h1-10,16H,14H2/b15-10+. The van der Waals surface area contributed by atoms with Gasteiger partial charge in [0.1, 0.15) is 0 Å². The van der Waals surface area contributed by atoms with Gasteiger partial charge in [-0.3, -0.25) is 5.43 Å². The van der Waals surface area contributed by atoms with Gasteiger partial charge >= 0.3 is 0 Å². The SMILES string of the molecule is Nc1ccc(/C=N/Nc2ccccc2)cc1. The quantitative estimate of drug-likeness (QED) is 0.466. The fraction of sp³-hybridized carbons (Fsp3) is 0. The lowest BCUT2D eigenvalue weighted by molar-refractivity contribution is 1.35. The van der Waals surface area contributed by atoms with E-state index in [2.05, 4.69) is 10.5 Å². The molecule has 2 aromatic rings. The molecule has 80 valence electrons. The van der Waals surface area contributed by atoms with Crippen molar-refractivity contribution in [2.45, 2.75) is 0 Å². The van der Waals surface area contributed by atoms with Crippen molar-refractivity contribution in [3.05, 3.63) is 60.2 Å². The van der Waals surface area contributed by atoms with Gasteiger partial charge < -0.3 is 5.73 Å². The van der Waals surface area contributed by atoms with Crippen LogP contribution in [0.1, 0.15) is 5.56 Å². The van der Waals surface area contributed by atoms with Crippen molar-refractivity contribution >= 4 is 17.6 Å². The number of benzene rings is 2. The second kappa shape index (κ2) is 4.98. The third-order valence-corrected chi connectivity index (χ3v) is 2.12. The van der Waals surface area contributed by atoms with E-state index in [-0.39, 0.29) is 0 Å². The van der Waals surface area contributed by atoms with E-state index in [0.717, 1.165) is 16.9 Å². The zero-order chi connectivity index (χ0) is 11.2. The van der Waals surface area contributed by atoms with Crippen LogP contribution in [0.5, 0.6) is 0 Å². The summed E-state index contributed by atoms with van der Waals surface area (Å²) in [6.07, 6.45) is 1.76. The number of nitrogens with zero attached hydrogens (tertiary/aromatic N) is 1. The molecule has 0 aliphatic heterocycles. The van der Waals surface area contributed by atoms with E-state index in [4.69, 9.17) is 5.73 Å². The lowest BCUT2D eigenvalue weighted by atomic mass is 10.2. The highest BCUT2D eigenvalue weighted by Crippen LogP contribution is 2.05. The van der Waals surface area contributed by atoms with Crippen LogP contribution in [-0.4, -0.2) is 6.21 Å². The second-order valence-corrected chi connectivity index (χ2v) is 3.40. The molecule has 0 aromatic heterocycles. The zero-order valence-corrected chi connectivity index (χ0v) is 8.80. The lowest BCUT2D eigenvalue weighted by Crippen LogP contribution is -1.90. The Balaban J connectivity index is 1.98. The van der Waals surface area contributed by atoms with E-state index in [1.165, 1.54) is 0 Å². The van der Waals surface area contributed by atoms with Crippen molar-refractivity contribution in [1.29, 1.82) is 0 Å². The van der Waals surface area contributed by atoms with Gasteiger partial charge in [0, 0.05) is 5.69 Å². The minimum atomic E-state index is 0.758. The Bertz CT molecular complexity index is 460. The van der Waals surface area contributed by atoms with E-state index in [0.29, 0.717) is 0 Å². The normalized spacial score (nSPS) is 10.5. The van der Waals surface area contributed by atoms with Crippen LogP contribution in [0.25, 0.3) is 0 Å². The van der Waals surface area contributed by atoms with Crippen molar-refractivity contribution in [1.82, 2.24) is 0 Å². The fourth-order valence-corrected chi connectivity index (χ4v) is 1.28. The van der Waals surface area contributed by atoms with Gasteiger partial charge in [0.2, 0.25) is 0 Å². The first-order valence-corrected chi connectivity index (χ1v) is 5.04. The van der Waals surface area contributed by atoms with Crippen LogP contribution >= 0.6 is 0 Å². The Morgan fingerprint density at radius 1 is 0.938 bits per heavy atom. The topological polar surface area (TPSA) is 50.4 Å². The van der Waals surface area contributed by atoms with Crippen molar-refractivity contribution < 1.29 is 0 Å². The molecule has 0 saturated heterocycles. The number of para-hydroxylation sites is 1. The summed E-state index contributed by atoms with van der Waals surface area (Å²) < 4.78 is 0. The van der Waals surface area contributed by atoms with Crippen LogP contribution in [0.2, 0.25) is 0 Å². The Morgan fingerprint density at radius 3 is 2.31 bits per heavy atom. The summed E-state index contributed by atoms with van der Waals surface area (Å²) in [7, 11) is 0. The average molecular weight is 211 g/mol. The number of anilines is 2. The monoisotopic (exact) mass is 211 g/mol. The molecule has 0 fully saturated rings. The van der Waals surface area contributed by atoms with E-state index >= 15 is 0 Å². The van der Waals surface area contributed by atoms with E-state index in [1.807, 2.05) is 54.6 Å². The molecular formula is C13H13N3. The van der Waals surface area contributed by atoms with Gasteiger partial charge in [0.25, 0.3) is 0 Å². The molecule has 3 N–H and O–H groups in total. The molecule has 3 heteroatoms. The first-order chi connectivity index (χ1) is 7.84. The van der Waals surface area contributed by atoms with Gasteiger partial charge in [-0.15, -0.1) is 0 Å². The lowest BCUT2D eigenvalue weighted by Gasteiger charge is -1.98. The summed E-state index contributed by atoms with van der Waals surface area (Å²) in [5.74, 6) is 0. The van der Waals surface area contributed by atoms with Gasteiger partial charge in [0.05, 0.1) is 11.9 Å².